The fourth-order valence-corrected chi connectivity index (χ4v) is 4.52. The fourth-order valence-electron chi connectivity index (χ4n) is 1.76. The Labute approximate surface area is 160 Å². The van der Waals surface area contributed by atoms with Crippen molar-refractivity contribution >= 4 is 34.3 Å². The Kier molecular flexibility index (Phi) is 7.07. The number of carbonyl (C=O) groups excluding carboxylic acids is 1. The predicted molar refractivity (Wildman–Crippen MR) is 114 cm³/mol. The molecule has 0 atom stereocenters. The van der Waals surface area contributed by atoms with Crippen molar-refractivity contribution in [3.05, 3.63) is 21.4 Å². The second kappa shape index (κ2) is 7.76. The number of aldehydes is 1. The quantitative estimate of drug-likeness (QED) is 0.382. The molecule has 0 radical (unpaired) electrons. The van der Waals surface area contributed by atoms with E-state index >= 15 is 0 Å². The maximum absolute atomic E-state index is 11.5. The van der Waals surface area contributed by atoms with Crippen LogP contribution in [0.1, 0.15) is 62.3 Å². The van der Waals surface area contributed by atoms with E-state index in [1.165, 1.54) is 11.3 Å². The van der Waals surface area contributed by atoms with Crippen molar-refractivity contribution in [1.82, 2.24) is 0 Å². The summed E-state index contributed by atoms with van der Waals surface area (Å²) in [6, 6.07) is 0. The van der Waals surface area contributed by atoms with Crippen LogP contribution in [0.5, 0.6) is 0 Å². The van der Waals surface area contributed by atoms with Crippen LogP contribution in [0.3, 0.4) is 0 Å². The van der Waals surface area contributed by atoms with Gasteiger partial charge in [0.1, 0.15) is 0 Å². The van der Waals surface area contributed by atoms with Crippen LogP contribution in [0.2, 0.25) is 36.3 Å². The molecule has 0 aliphatic rings. The van der Waals surface area contributed by atoms with Gasteiger partial charge in [0, 0.05) is 5.56 Å². The van der Waals surface area contributed by atoms with Gasteiger partial charge in [-0.1, -0.05) is 41.5 Å². The van der Waals surface area contributed by atoms with Crippen LogP contribution < -0.4 is 0 Å². The fraction of sp³-hybridized carbons (Fsp3) is 0.737. The summed E-state index contributed by atoms with van der Waals surface area (Å²) in [4.78, 5) is 12.2. The Bertz CT molecular complexity index is 593. The molecule has 1 aromatic heterocycles. The topological polar surface area (TPSA) is 35.5 Å². The van der Waals surface area contributed by atoms with Gasteiger partial charge < -0.3 is 8.85 Å². The molecule has 0 aliphatic heterocycles. The molecule has 0 unspecified atom stereocenters. The van der Waals surface area contributed by atoms with Gasteiger partial charge in [0.05, 0.1) is 18.1 Å². The van der Waals surface area contributed by atoms with Gasteiger partial charge in [-0.2, -0.15) is 0 Å². The van der Waals surface area contributed by atoms with Crippen LogP contribution in [0.25, 0.3) is 0 Å². The molecule has 1 aromatic rings. The number of rotatable bonds is 7. The molecule has 0 fully saturated rings. The first-order chi connectivity index (χ1) is 11.1. The van der Waals surface area contributed by atoms with Gasteiger partial charge in [0.2, 0.25) is 0 Å². The highest BCUT2D eigenvalue weighted by atomic mass is 32.1. The predicted octanol–water partition coefficient (Wildman–Crippen LogP) is 6.60. The maximum atomic E-state index is 11.5. The van der Waals surface area contributed by atoms with Crippen molar-refractivity contribution in [3.8, 4) is 0 Å². The highest BCUT2D eigenvalue weighted by Gasteiger charge is 2.38. The Morgan fingerprint density at radius 1 is 0.920 bits per heavy atom. The second-order valence-electron chi connectivity index (χ2n) is 9.82. The van der Waals surface area contributed by atoms with Crippen LogP contribution in [0.4, 0.5) is 0 Å². The average Bonchev–Trinajstić information content (AvgIpc) is 2.82. The maximum Gasteiger partial charge on any atom is 0.192 e. The van der Waals surface area contributed by atoms with Gasteiger partial charge in [-0.05, 0) is 47.2 Å². The molecule has 0 bridgehead atoms. The van der Waals surface area contributed by atoms with Gasteiger partial charge in [-0.3, -0.25) is 4.79 Å². The van der Waals surface area contributed by atoms with E-state index < -0.39 is 16.6 Å². The minimum Gasteiger partial charge on any atom is -0.413 e. The summed E-state index contributed by atoms with van der Waals surface area (Å²) in [5.74, 6) is 0. The van der Waals surface area contributed by atoms with Crippen molar-refractivity contribution in [1.29, 1.82) is 0 Å². The Morgan fingerprint density at radius 3 is 1.76 bits per heavy atom. The third kappa shape index (κ3) is 5.60. The van der Waals surface area contributed by atoms with Crippen molar-refractivity contribution in [2.45, 2.75) is 91.0 Å². The van der Waals surface area contributed by atoms with Crippen LogP contribution >= 0.6 is 11.3 Å². The first kappa shape index (κ1) is 22.8. The van der Waals surface area contributed by atoms with Gasteiger partial charge >= 0.3 is 0 Å². The molecule has 1 rings (SSSR count). The molecular formula is C19H36O3SSi2. The van der Waals surface area contributed by atoms with Crippen molar-refractivity contribution in [3.63, 3.8) is 0 Å². The highest BCUT2D eigenvalue weighted by molar-refractivity contribution is 7.12. The minimum atomic E-state index is -1.85. The first-order valence-corrected chi connectivity index (χ1v) is 15.6. The van der Waals surface area contributed by atoms with E-state index in [1.807, 2.05) is 0 Å². The summed E-state index contributed by atoms with van der Waals surface area (Å²) in [6.07, 6.45) is 0.949. The van der Waals surface area contributed by atoms with E-state index in [0.29, 0.717) is 13.2 Å². The number of hydrogen-bond donors (Lipinski definition) is 0. The van der Waals surface area contributed by atoms with Crippen LogP contribution in [-0.4, -0.2) is 22.9 Å². The normalized spacial score (nSPS) is 14.0. The first-order valence-electron chi connectivity index (χ1n) is 8.95. The lowest BCUT2D eigenvalue weighted by Gasteiger charge is -2.37. The van der Waals surface area contributed by atoms with E-state index in [-0.39, 0.29) is 10.1 Å². The summed E-state index contributed by atoms with van der Waals surface area (Å²) in [5.41, 5.74) is 2.12. The molecule has 25 heavy (non-hydrogen) atoms. The van der Waals surface area contributed by atoms with E-state index in [1.54, 1.807) is 0 Å². The van der Waals surface area contributed by atoms with E-state index in [0.717, 1.165) is 22.3 Å². The van der Waals surface area contributed by atoms with Crippen LogP contribution in [0.15, 0.2) is 5.38 Å². The molecule has 3 nitrogen and oxygen atoms in total. The van der Waals surface area contributed by atoms with E-state index in [2.05, 4.69) is 73.1 Å². The molecule has 144 valence electrons. The number of hydrogen-bond acceptors (Lipinski definition) is 4. The van der Waals surface area contributed by atoms with Gasteiger partial charge in [-0.15, -0.1) is 11.3 Å². The number of carbonyl (C=O) groups is 1. The zero-order valence-corrected chi connectivity index (χ0v) is 20.5. The molecule has 0 amide bonds. The zero-order chi connectivity index (χ0) is 19.7. The lowest BCUT2D eigenvalue weighted by Crippen LogP contribution is -2.41. The number of thiophene rings is 1. The average molecular weight is 401 g/mol. The minimum absolute atomic E-state index is 0.155. The smallest absolute Gasteiger partial charge is 0.192 e. The van der Waals surface area contributed by atoms with Crippen LogP contribution in [-0.2, 0) is 22.1 Å². The Balaban J connectivity index is 2.95. The zero-order valence-electron chi connectivity index (χ0n) is 17.7. The van der Waals surface area contributed by atoms with Crippen molar-refractivity contribution in [2.75, 3.05) is 0 Å². The van der Waals surface area contributed by atoms with Crippen molar-refractivity contribution < 1.29 is 13.6 Å². The van der Waals surface area contributed by atoms with E-state index in [9.17, 15) is 4.79 Å². The summed E-state index contributed by atoms with van der Waals surface area (Å²) in [5, 5.41) is 2.39. The van der Waals surface area contributed by atoms with Gasteiger partial charge in [-0.25, -0.2) is 0 Å². The van der Waals surface area contributed by atoms with E-state index in [4.69, 9.17) is 8.85 Å². The summed E-state index contributed by atoms with van der Waals surface area (Å²) in [7, 11) is -3.67. The SMILES string of the molecule is CC(C)(C)[Si](C)(C)OCc1csc(C=O)c1CO[Si](C)(C)C(C)(C)C. The summed E-state index contributed by atoms with van der Waals surface area (Å²) in [6.45, 7) is 23.5. The van der Waals surface area contributed by atoms with Crippen molar-refractivity contribution in [2.24, 2.45) is 0 Å². The van der Waals surface area contributed by atoms with Gasteiger partial charge in [0.25, 0.3) is 0 Å². The molecule has 0 saturated carbocycles. The Hall–Kier alpha value is -0.276. The molecule has 0 aliphatic carbocycles. The lowest BCUT2D eigenvalue weighted by atomic mass is 10.2. The third-order valence-electron chi connectivity index (χ3n) is 5.90. The lowest BCUT2D eigenvalue weighted by molar-refractivity contribution is 0.112. The second-order valence-corrected chi connectivity index (χ2v) is 20.3. The molecule has 0 N–H and O–H groups in total. The summed E-state index contributed by atoms with van der Waals surface area (Å²) >= 11 is 1.50. The molecule has 0 aromatic carbocycles. The van der Waals surface area contributed by atoms with Gasteiger partial charge in [0.15, 0.2) is 22.9 Å². The molecular weight excluding hydrogens is 364 g/mol. The molecule has 0 saturated heterocycles. The molecule has 0 spiro atoms. The molecule has 6 heteroatoms. The third-order valence-corrected chi connectivity index (χ3v) is 15.9. The monoisotopic (exact) mass is 400 g/mol. The standard InChI is InChI=1S/C19H36O3SSi2/c1-18(2,3)24(7,8)21-12-15-14-23-17(11-20)16(15)13-22-25(9,10)19(4,5)6/h11,14H,12-13H2,1-10H3. The highest BCUT2D eigenvalue weighted by Crippen LogP contribution is 2.39. The molecule has 1 heterocycles. The Morgan fingerprint density at radius 2 is 1.36 bits per heavy atom. The van der Waals surface area contributed by atoms with Crippen LogP contribution in [0, 0.1) is 0 Å². The summed E-state index contributed by atoms with van der Waals surface area (Å²) < 4.78 is 12.7. The largest absolute Gasteiger partial charge is 0.413 e.